The molecular formula is C25H20ClFN2O2. The van der Waals surface area contributed by atoms with Crippen molar-refractivity contribution in [1.29, 1.82) is 0 Å². The minimum Gasteiger partial charge on any atom is -0.439 e. The fourth-order valence-corrected chi connectivity index (χ4v) is 4.14. The van der Waals surface area contributed by atoms with Crippen LogP contribution in [0.25, 0.3) is 11.1 Å². The first-order valence-electron chi connectivity index (χ1n) is 10.2. The Morgan fingerprint density at radius 2 is 1.84 bits per heavy atom. The van der Waals surface area contributed by atoms with Crippen molar-refractivity contribution in [2.45, 2.75) is 25.4 Å². The zero-order valence-electron chi connectivity index (χ0n) is 16.7. The molecule has 4 aromatic rings. The average molecular weight is 435 g/mol. The van der Waals surface area contributed by atoms with Crippen LogP contribution in [0, 0.1) is 11.7 Å². The molecule has 0 unspecified atom stereocenters. The van der Waals surface area contributed by atoms with Gasteiger partial charge in [-0.2, -0.15) is 0 Å². The summed E-state index contributed by atoms with van der Waals surface area (Å²) in [5.41, 5.74) is 3.32. The van der Waals surface area contributed by atoms with Gasteiger partial charge < -0.3 is 9.32 Å². The fourth-order valence-electron chi connectivity index (χ4n) is 3.97. The van der Waals surface area contributed by atoms with Crippen molar-refractivity contribution < 1.29 is 13.6 Å². The highest BCUT2D eigenvalue weighted by Gasteiger charge is 2.45. The Hall–Kier alpha value is -3.18. The Bertz CT molecular complexity index is 1220. The van der Waals surface area contributed by atoms with E-state index in [4.69, 9.17) is 16.0 Å². The van der Waals surface area contributed by atoms with Gasteiger partial charge in [-0.15, -0.1) is 0 Å². The van der Waals surface area contributed by atoms with Crippen LogP contribution in [-0.4, -0.2) is 15.8 Å². The molecule has 3 aromatic carbocycles. The smallest absolute Gasteiger partial charge is 0.227 e. The van der Waals surface area contributed by atoms with E-state index in [9.17, 15) is 9.18 Å². The number of fused-ring (bicyclic) bond motifs is 1. The van der Waals surface area contributed by atoms with Gasteiger partial charge in [0.2, 0.25) is 11.8 Å². The van der Waals surface area contributed by atoms with Crippen molar-refractivity contribution >= 4 is 28.6 Å². The quantitative estimate of drug-likeness (QED) is 0.376. The second-order valence-corrected chi connectivity index (χ2v) is 8.34. The molecule has 0 aliphatic heterocycles. The molecular weight excluding hydrogens is 415 g/mol. The molecule has 1 fully saturated rings. The molecule has 6 heteroatoms. The van der Waals surface area contributed by atoms with Gasteiger partial charge in [0.05, 0.1) is 6.54 Å². The first-order valence-corrected chi connectivity index (χ1v) is 10.6. The Morgan fingerprint density at radius 3 is 2.61 bits per heavy atom. The number of carbonyl (C=O) groups excluding carboxylic acids is 1. The van der Waals surface area contributed by atoms with Crippen molar-refractivity contribution in [3.63, 3.8) is 0 Å². The van der Waals surface area contributed by atoms with E-state index >= 15 is 0 Å². The van der Waals surface area contributed by atoms with Gasteiger partial charge in [-0.1, -0.05) is 54.1 Å². The summed E-state index contributed by atoms with van der Waals surface area (Å²) >= 11 is 6.05. The molecule has 1 heterocycles. The lowest BCUT2D eigenvalue weighted by Gasteiger charge is -2.22. The monoisotopic (exact) mass is 434 g/mol. The van der Waals surface area contributed by atoms with Crippen LogP contribution in [0.15, 0.2) is 77.2 Å². The minimum absolute atomic E-state index is 0.0541. The summed E-state index contributed by atoms with van der Waals surface area (Å²) in [4.78, 5) is 19.6. The normalized spacial score (nSPS) is 17.6. The molecule has 0 bridgehead atoms. The summed E-state index contributed by atoms with van der Waals surface area (Å²) in [6, 6.07) is 21.6. The van der Waals surface area contributed by atoms with Crippen molar-refractivity contribution in [2.75, 3.05) is 0 Å². The van der Waals surface area contributed by atoms with Crippen LogP contribution in [-0.2, 0) is 17.9 Å². The Morgan fingerprint density at radius 1 is 1.06 bits per heavy atom. The molecule has 0 radical (unpaired) electrons. The molecule has 0 spiro atoms. The molecule has 1 aliphatic rings. The number of carbonyl (C=O) groups is 1. The molecule has 31 heavy (non-hydrogen) atoms. The summed E-state index contributed by atoms with van der Waals surface area (Å²) in [6.07, 6.45) is 0.825. The van der Waals surface area contributed by atoms with Crippen LogP contribution in [0.4, 0.5) is 4.39 Å². The molecule has 0 N–H and O–H groups in total. The number of benzene rings is 3. The van der Waals surface area contributed by atoms with Crippen LogP contribution in [0.1, 0.15) is 29.4 Å². The van der Waals surface area contributed by atoms with E-state index in [1.54, 1.807) is 35.2 Å². The van der Waals surface area contributed by atoms with E-state index in [-0.39, 0.29) is 30.1 Å². The molecule has 0 saturated heterocycles. The standard InChI is InChI=1S/C25H20ClFN2O2/c26-18-8-11-23-22(12-18)28-24(31-23)15-29(14-16-6-9-19(27)10-7-16)25(30)21-13-20(21)17-4-2-1-3-5-17/h1-12,20-21H,13-15H2/t20-,21+/m1/s1. The third-order valence-corrected chi connectivity index (χ3v) is 5.89. The van der Waals surface area contributed by atoms with Crippen LogP contribution in [0.5, 0.6) is 0 Å². The average Bonchev–Trinajstić information content (AvgIpc) is 3.48. The highest BCUT2D eigenvalue weighted by Crippen LogP contribution is 2.48. The third kappa shape index (κ3) is 4.32. The summed E-state index contributed by atoms with van der Waals surface area (Å²) in [5, 5.41) is 0.579. The lowest BCUT2D eigenvalue weighted by atomic mass is 10.1. The second-order valence-electron chi connectivity index (χ2n) is 7.90. The second kappa shape index (κ2) is 8.16. The highest BCUT2D eigenvalue weighted by molar-refractivity contribution is 6.31. The van der Waals surface area contributed by atoms with Gasteiger partial charge in [-0.05, 0) is 53.8 Å². The zero-order valence-corrected chi connectivity index (χ0v) is 17.4. The van der Waals surface area contributed by atoms with Crippen LogP contribution in [0.3, 0.4) is 0 Å². The fraction of sp³-hybridized carbons (Fsp3) is 0.200. The predicted molar refractivity (Wildman–Crippen MR) is 117 cm³/mol. The predicted octanol–water partition coefficient (Wildman–Crippen LogP) is 5.95. The minimum atomic E-state index is -0.302. The van der Waals surface area contributed by atoms with Gasteiger partial charge in [0.15, 0.2) is 5.58 Å². The van der Waals surface area contributed by atoms with Crippen LogP contribution >= 0.6 is 11.6 Å². The van der Waals surface area contributed by atoms with Crippen molar-refractivity contribution in [3.8, 4) is 0 Å². The number of hydrogen-bond donors (Lipinski definition) is 0. The molecule has 2 atom stereocenters. The first kappa shape index (κ1) is 19.8. The van der Waals surface area contributed by atoms with Crippen LogP contribution < -0.4 is 0 Å². The maximum Gasteiger partial charge on any atom is 0.227 e. The van der Waals surface area contributed by atoms with Gasteiger partial charge in [-0.25, -0.2) is 9.37 Å². The number of oxazole rings is 1. The van der Waals surface area contributed by atoms with Gasteiger partial charge in [0, 0.05) is 17.5 Å². The maximum absolute atomic E-state index is 13.4. The summed E-state index contributed by atoms with van der Waals surface area (Å²) in [5.74, 6) is 0.362. The van der Waals surface area contributed by atoms with E-state index in [1.807, 2.05) is 18.2 Å². The summed E-state index contributed by atoms with van der Waals surface area (Å²) in [7, 11) is 0. The summed E-state index contributed by atoms with van der Waals surface area (Å²) in [6.45, 7) is 0.594. The molecule has 1 saturated carbocycles. The Balaban J connectivity index is 1.39. The number of halogens is 2. The van der Waals surface area contributed by atoms with Gasteiger partial charge in [-0.3, -0.25) is 4.79 Å². The number of rotatable bonds is 6. The Labute approximate surface area is 184 Å². The molecule has 1 amide bonds. The van der Waals surface area contributed by atoms with E-state index in [0.717, 1.165) is 12.0 Å². The number of aromatic nitrogens is 1. The first-order chi connectivity index (χ1) is 15.1. The number of hydrogen-bond acceptors (Lipinski definition) is 3. The molecule has 1 aromatic heterocycles. The van der Waals surface area contributed by atoms with Gasteiger partial charge in [0.25, 0.3) is 0 Å². The SMILES string of the molecule is O=C([C@H]1C[C@@H]1c1ccccc1)N(Cc1ccc(F)cc1)Cc1nc2cc(Cl)ccc2o1. The van der Waals surface area contributed by atoms with E-state index in [2.05, 4.69) is 17.1 Å². The van der Waals surface area contributed by atoms with E-state index in [1.165, 1.54) is 17.7 Å². The molecule has 4 nitrogen and oxygen atoms in total. The van der Waals surface area contributed by atoms with Crippen molar-refractivity contribution in [1.82, 2.24) is 9.88 Å². The van der Waals surface area contributed by atoms with Gasteiger partial charge in [0.1, 0.15) is 11.3 Å². The lowest BCUT2D eigenvalue weighted by Crippen LogP contribution is -2.32. The van der Waals surface area contributed by atoms with E-state index in [0.29, 0.717) is 28.6 Å². The zero-order chi connectivity index (χ0) is 21.4. The summed E-state index contributed by atoms with van der Waals surface area (Å²) < 4.78 is 19.2. The molecule has 5 rings (SSSR count). The Kier molecular flexibility index (Phi) is 5.20. The van der Waals surface area contributed by atoms with Crippen molar-refractivity contribution in [3.05, 3.63) is 101 Å². The number of nitrogens with zero attached hydrogens (tertiary/aromatic N) is 2. The lowest BCUT2D eigenvalue weighted by molar-refractivity contribution is -0.134. The molecule has 1 aliphatic carbocycles. The largest absolute Gasteiger partial charge is 0.439 e. The van der Waals surface area contributed by atoms with E-state index < -0.39 is 0 Å². The third-order valence-electron chi connectivity index (χ3n) is 5.65. The molecule has 156 valence electrons. The highest BCUT2D eigenvalue weighted by atomic mass is 35.5. The van der Waals surface area contributed by atoms with Crippen molar-refractivity contribution in [2.24, 2.45) is 5.92 Å². The topological polar surface area (TPSA) is 46.3 Å². The number of amides is 1. The van der Waals surface area contributed by atoms with Gasteiger partial charge >= 0.3 is 0 Å². The maximum atomic E-state index is 13.4. The van der Waals surface area contributed by atoms with Crippen LogP contribution in [0.2, 0.25) is 5.02 Å².